The van der Waals surface area contributed by atoms with Crippen LogP contribution in [-0.4, -0.2) is 59.6 Å². The molecule has 146 valence electrons. The van der Waals surface area contributed by atoms with Gasteiger partial charge >= 0.3 is 0 Å². The zero-order valence-corrected chi connectivity index (χ0v) is 16.8. The Morgan fingerprint density at radius 2 is 2.26 bits per heavy atom. The first-order valence-electron chi connectivity index (χ1n) is 9.29. The summed E-state index contributed by atoms with van der Waals surface area (Å²) in [5.41, 5.74) is 0.932. The van der Waals surface area contributed by atoms with Crippen LogP contribution in [0.1, 0.15) is 30.5 Å². The van der Waals surface area contributed by atoms with Gasteiger partial charge in [-0.15, -0.1) is 11.3 Å². The standard InChI is InChI=1S/C19H26N4O3S/c1-13-9-20-18(27-13)22-17-6-4-5-15(21-17)16-11-23(7-8-24-16)10-14-12-25-19(2,3)26-14/h4-6,9,14,16H,7-8,10-12H2,1-3H3,(H,20,21,22)/t14-,16?/m0/s1. The number of anilines is 2. The number of nitrogens with one attached hydrogen (secondary N) is 1. The molecule has 0 saturated carbocycles. The number of hydrogen-bond donors (Lipinski definition) is 1. The van der Waals surface area contributed by atoms with Gasteiger partial charge in [0, 0.05) is 30.7 Å². The molecule has 2 aliphatic rings. The lowest BCUT2D eigenvalue weighted by atomic mass is 10.1. The first-order valence-corrected chi connectivity index (χ1v) is 10.1. The molecule has 0 aromatic carbocycles. The van der Waals surface area contributed by atoms with E-state index >= 15 is 0 Å². The minimum absolute atomic E-state index is 0.0473. The fourth-order valence-electron chi connectivity index (χ4n) is 3.41. The summed E-state index contributed by atoms with van der Waals surface area (Å²) in [7, 11) is 0. The van der Waals surface area contributed by atoms with Crippen molar-refractivity contribution >= 4 is 22.3 Å². The average molecular weight is 391 g/mol. The molecular weight excluding hydrogens is 364 g/mol. The molecule has 2 aliphatic heterocycles. The van der Waals surface area contributed by atoms with Crippen LogP contribution in [0.3, 0.4) is 0 Å². The number of thiazole rings is 1. The minimum atomic E-state index is -0.480. The van der Waals surface area contributed by atoms with Crippen molar-refractivity contribution in [3.63, 3.8) is 0 Å². The second-order valence-corrected chi connectivity index (χ2v) is 8.65. The highest BCUT2D eigenvalue weighted by Crippen LogP contribution is 2.27. The van der Waals surface area contributed by atoms with E-state index in [1.54, 1.807) is 11.3 Å². The van der Waals surface area contributed by atoms with Gasteiger partial charge in [-0.2, -0.15) is 0 Å². The van der Waals surface area contributed by atoms with Crippen molar-refractivity contribution < 1.29 is 14.2 Å². The van der Waals surface area contributed by atoms with E-state index in [0.29, 0.717) is 13.2 Å². The number of ether oxygens (including phenoxy) is 3. The van der Waals surface area contributed by atoms with Crippen molar-refractivity contribution in [2.45, 2.75) is 38.8 Å². The SMILES string of the molecule is Cc1cnc(Nc2cccc(C3CN(C[C@H]4COC(C)(C)O4)CCO3)n2)s1. The molecule has 1 unspecified atom stereocenters. The Balaban J connectivity index is 1.38. The number of nitrogens with zero attached hydrogens (tertiary/aromatic N) is 3. The maximum atomic E-state index is 5.99. The van der Waals surface area contributed by atoms with Crippen LogP contribution in [-0.2, 0) is 14.2 Å². The van der Waals surface area contributed by atoms with E-state index in [2.05, 4.69) is 15.2 Å². The van der Waals surface area contributed by atoms with E-state index in [1.807, 2.05) is 45.2 Å². The van der Waals surface area contributed by atoms with Gasteiger partial charge in [0.1, 0.15) is 11.9 Å². The number of pyridine rings is 1. The Morgan fingerprint density at radius 3 is 3.00 bits per heavy atom. The summed E-state index contributed by atoms with van der Waals surface area (Å²) in [6.45, 7) is 9.83. The van der Waals surface area contributed by atoms with Crippen molar-refractivity contribution in [2.75, 3.05) is 38.2 Å². The lowest BCUT2D eigenvalue weighted by Crippen LogP contribution is -2.43. The summed E-state index contributed by atoms with van der Waals surface area (Å²) < 4.78 is 17.6. The molecule has 2 aromatic heterocycles. The zero-order chi connectivity index (χ0) is 18.9. The summed E-state index contributed by atoms with van der Waals surface area (Å²) in [6, 6.07) is 5.97. The Morgan fingerprint density at radius 1 is 1.37 bits per heavy atom. The van der Waals surface area contributed by atoms with E-state index in [0.717, 1.165) is 36.3 Å². The van der Waals surface area contributed by atoms with Crippen LogP contribution in [0.15, 0.2) is 24.4 Å². The fraction of sp³-hybridized carbons (Fsp3) is 0.579. The lowest BCUT2D eigenvalue weighted by molar-refractivity contribution is -0.142. The molecule has 2 aromatic rings. The number of hydrogen-bond acceptors (Lipinski definition) is 8. The second kappa shape index (κ2) is 7.81. The van der Waals surface area contributed by atoms with Gasteiger partial charge in [0.15, 0.2) is 10.9 Å². The van der Waals surface area contributed by atoms with Gasteiger partial charge in [-0.25, -0.2) is 9.97 Å². The zero-order valence-electron chi connectivity index (χ0n) is 16.0. The molecule has 2 atom stereocenters. The van der Waals surface area contributed by atoms with Gasteiger partial charge in [0.25, 0.3) is 0 Å². The molecule has 0 aliphatic carbocycles. The monoisotopic (exact) mass is 390 g/mol. The molecule has 4 rings (SSSR count). The fourth-order valence-corrected chi connectivity index (χ4v) is 4.08. The van der Waals surface area contributed by atoms with Crippen molar-refractivity contribution in [3.8, 4) is 0 Å². The third-order valence-electron chi connectivity index (χ3n) is 4.64. The third kappa shape index (κ3) is 4.83. The van der Waals surface area contributed by atoms with Gasteiger partial charge in [0.2, 0.25) is 0 Å². The summed E-state index contributed by atoms with van der Waals surface area (Å²) >= 11 is 1.61. The number of aryl methyl sites for hydroxylation is 1. The molecule has 27 heavy (non-hydrogen) atoms. The smallest absolute Gasteiger partial charge is 0.188 e. The van der Waals surface area contributed by atoms with E-state index in [1.165, 1.54) is 4.88 Å². The van der Waals surface area contributed by atoms with E-state index in [-0.39, 0.29) is 12.2 Å². The van der Waals surface area contributed by atoms with Crippen molar-refractivity contribution in [1.29, 1.82) is 0 Å². The van der Waals surface area contributed by atoms with Crippen LogP contribution in [0, 0.1) is 6.92 Å². The molecule has 8 heteroatoms. The summed E-state index contributed by atoms with van der Waals surface area (Å²) in [5, 5.41) is 4.13. The van der Waals surface area contributed by atoms with Crippen LogP contribution in [0.4, 0.5) is 10.9 Å². The summed E-state index contributed by atoms with van der Waals surface area (Å²) in [5.74, 6) is 0.309. The number of morpholine rings is 1. The molecule has 0 bridgehead atoms. The largest absolute Gasteiger partial charge is 0.369 e. The van der Waals surface area contributed by atoms with Crippen LogP contribution in [0.5, 0.6) is 0 Å². The topological polar surface area (TPSA) is 68.7 Å². The molecule has 0 spiro atoms. The molecule has 1 N–H and O–H groups in total. The molecule has 0 amide bonds. The van der Waals surface area contributed by atoms with Gasteiger partial charge in [0.05, 0.1) is 25.0 Å². The highest BCUT2D eigenvalue weighted by Gasteiger charge is 2.34. The van der Waals surface area contributed by atoms with Crippen LogP contribution < -0.4 is 5.32 Å². The summed E-state index contributed by atoms with van der Waals surface area (Å²) in [4.78, 5) is 12.6. The van der Waals surface area contributed by atoms with Crippen LogP contribution in [0.2, 0.25) is 0 Å². The lowest BCUT2D eigenvalue weighted by Gasteiger charge is -2.34. The Hall–Kier alpha value is -1.58. The van der Waals surface area contributed by atoms with E-state index < -0.39 is 5.79 Å². The molecule has 7 nitrogen and oxygen atoms in total. The van der Waals surface area contributed by atoms with E-state index in [9.17, 15) is 0 Å². The van der Waals surface area contributed by atoms with Gasteiger partial charge in [-0.1, -0.05) is 6.07 Å². The molecule has 2 fully saturated rings. The van der Waals surface area contributed by atoms with Crippen molar-refractivity contribution in [2.24, 2.45) is 0 Å². The Labute approximate surface area is 163 Å². The van der Waals surface area contributed by atoms with Gasteiger partial charge in [-0.05, 0) is 32.9 Å². The quantitative estimate of drug-likeness (QED) is 0.841. The predicted octanol–water partition coefficient (Wildman–Crippen LogP) is 3.11. The molecule has 4 heterocycles. The van der Waals surface area contributed by atoms with Crippen molar-refractivity contribution in [1.82, 2.24) is 14.9 Å². The first-order chi connectivity index (χ1) is 13.0. The maximum absolute atomic E-state index is 5.99. The Bertz CT molecular complexity index is 782. The normalized spacial score (nSPS) is 25.6. The first kappa shape index (κ1) is 18.8. The highest BCUT2D eigenvalue weighted by atomic mass is 32.1. The van der Waals surface area contributed by atoms with Gasteiger partial charge < -0.3 is 19.5 Å². The second-order valence-electron chi connectivity index (χ2n) is 7.42. The van der Waals surface area contributed by atoms with E-state index in [4.69, 9.17) is 19.2 Å². The highest BCUT2D eigenvalue weighted by molar-refractivity contribution is 7.15. The third-order valence-corrected chi connectivity index (χ3v) is 5.46. The maximum Gasteiger partial charge on any atom is 0.188 e. The van der Waals surface area contributed by atoms with Crippen molar-refractivity contribution in [3.05, 3.63) is 35.0 Å². The molecule has 0 radical (unpaired) electrons. The molecule has 2 saturated heterocycles. The average Bonchev–Trinajstić information content (AvgIpc) is 3.20. The van der Waals surface area contributed by atoms with Crippen LogP contribution >= 0.6 is 11.3 Å². The van der Waals surface area contributed by atoms with Gasteiger partial charge in [-0.3, -0.25) is 4.90 Å². The number of rotatable bonds is 5. The van der Waals surface area contributed by atoms with Crippen LogP contribution in [0.25, 0.3) is 0 Å². The number of aromatic nitrogens is 2. The Kier molecular flexibility index (Phi) is 5.43. The minimum Gasteiger partial charge on any atom is -0.369 e. The molecular formula is C19H26N4O3S. The predicted molar refractivity (Wildman–Crippen MR) is 104 cm³/mol. The summed E-state index contributed by atoms with van der Waals surface area (Å²) in [6.07, 6.45) is 1.91.